The highest BCUT2D eigenvalue weighted by Crippen LogP contribution is 1.95. The number of hydrogen-bond donors (Lipinski definition) is 1. The number of nitrogens with one attached hydrogen (secondary N) is 1. The van der Waals surface area contributed by atoms with Gasteiger partial charge in [0.15, 0.2) is 0 Å². The standard InChI is InChI=1S/C4H10N2S/c1-3-7-6-4-5-2/h4H,3H2,1-2H3,(H,5,6). The fourth-order valence-electron chi connectivity index (χ4n) is 0.165. The molecule has 0 aromatic carbocycles. The van der Waals surface area contributed by atoms with Crippen molar-refractivity contribution in [3.05, 3.63) is 0 Å². The molecule has 3 heteroatoms. The minimum absolute atomic E-state index is 1.04. The highest BCUT2D eigenvalue weighted by Gasteiger charge is 1.67. The van der Waals surface area contributed by atoms with Gasteiger partial charge in [-0.05, 0) is 11.9 Å². The van der Waals surface area contributed by atoms with Crippen LogP contribution < -0.4 is 5.32 Å². The van der Waals surface area contributed by atoms with Gasteiger partial charge in [0.25, 0.3) is 0 Å². The summed E-state index contributed by atoms with van der Waals surface area (Å²) >= 11 is 1.54. The third-order valence-corrected chi connectivity index (χ3v) is 0.898. The molecule has 0 aliphatic heterocycles. The Labute approximate surface area is 48.5 Å². The van der Waals surface area contributed by atoms with Crippen molar-refractivity contribution in [2.45, 2.75) is 6.92 Å². The molecule has 0 saturated carbocycles. The van der Waals surface area contributed by atoms with Crippen LogP contribution in [0.1, 0.15) is 6.92 Å². The lowest BCUT2D eigenvalue weighted by Crippen LogP contribution is -1.98. The molecule has 0 aliphatic rings. The van der Waals surface area contributed by atoms with E-state index in [-0.39, 0.29) is 0 Å². The normalized spacial score (nSPS) is 10.0. The smallest absolute Gasteiger partial charge is 0.0961 e. The highest BCUT2D eigenvalue weighted by molar-refractivity contribution is 7.98. The van der Waals surface area contributed by atoms with Gasteiger partial charge in [0.2, 0.25) is 0 Å². The summed E-state index contributed by atoms with van der Waals surface area (Å²) in [6, 6.07) is 0. The van der Waals surface area contributed by atoms with E-state index in [1.165, 1.54) is 11.9 Å². The Bertz CT molecular complexity index is 53.7. The van der Waals surface area contributed by atoms with Crippen molar-refractivity contribution in [2.24, 2.45) is 4.40 Å². The van der Waals surface area contributed by atoms with Crippen LogP contribution in [0.15, 0.2) is 4.40 Å². The molecule has 7 heavy (non-hydrogen) atoms. The third kappa shape index (κ3) is 5.82. The molecule has 0 radical (unpaired) electrons. The average Bonchev–Trinajstić information content (AvgIpc) is 1.69. The molecule has 2 nitrogen and oxygen atoms in total. The maximum Gasteiger partial charge on any atom is 0.0961 e. The number of hydrogen-bond acceptors (Lipinski definition) is 2. The lowest BCUT2D eigenvalue weighted by Gasteiger charge is -1.82. The van der Waals surface area contributed by atoms with E-state index < -0.39 is 0 Å². The first kappa shape index (κ1) is 6.82. The largest absolute Gasteiger partial charge is 0.379 e. The van der Waals surface area contributed by atoms with Gasteiger partial charge in [0, 0.05) is 12.8 Å². The van der Waals surface area contributed by atoms with Crippen LogP contribution in [-0.2, 0) is 0 Å². The van der Waals surface area contributed by atoms with Gasteiger partial charge in [0.05, 0.1) is 6.34 Å². The van der Waals surface area contributed by atoms with E-state index >= 15 is 0 Å². The van der Waals surface area contributed by atoms with Gasteiger partial charge >= 0.3 is 0 Å². The second kappa shape index (κ2) is 5.82. The molecule has 0 amide bonds. The van der Waals surface area contributed by atoms with Crippen LogP contribution in [0.2, 0.25) is 0 Å². The van der Waals surface area contributed by atoms with E-state index in [9.17, 15) is 0 Å². The van der Waals surface area contributed by atoms with E-state index in [4.69, 9.17) is 0 Å². The van der Waals surface area contributed by atoms with Gasteiger partial charge in [0.1, 0.15) is 0 Å². The van der Waals surface area contributed by atoms with Crippen molar-refractivity contribution in [1.29, 1.82) is 0 Å². The zero-order valence-corrected chi connectivity index (χ0v) is 5.46. The van der Waals surface area contributed by atoms with Crippen LogP contribution in [0.4, 0.5) is 0 Å². The quantitative estimate of drug-likeness (QED) is 0.338. The van der Waals surface area contributed by atoms with E-state index in [0.29, 0.717) is 0 Å². The van der Waals surface area contributed by atoms with E-state index in [2.05, 4.69) is 16.6 Å². The zero-order valence-electron chi connectivity index (χ0n) is 4.64. The molecule has 0 unspecified atom stereocenters. The molecule has 0 heterocycles. The topological polar surface area (TPSA) is 24.4 Å². The highest BCUT2D eigenvalue weighted by atomic mass is 32.2. The summed E-state index contributed by atoms with van der Waals surface area (Å²) in [5.74, 6) is 1.04. The van der Waals surface area contributed by atoms with Crippen molar-refractivity contribution >= 4 is 18.3 Å². The lowest BCUT2D eigenvalue weighted by molar-refractivity contribution is 1.22. The summed E-state index contributed by atoms with van der Waals surface area (Å²) in [5, 5.41) is 2.79. The fourth-order valence-corrected chi connectivity index (χ4v) is 0.494. The van der Waals surface area contributed by atoms with Gasteiger partial charge in [-0.25, -0.2) is 4.40 Å². The molecule has 0 rings (SSSR count). The van der Waals surface area contributed by atoms with E-state index in [0.717, 1.165) is 5.75 Å². The molecule has 0 aromatic rings. The van der Waals surface area contributed by atoms with E-state index in [1.54, 1.807) is 6.34 Å². The zero-order chi connectivity index (χ0) is 5.54. The summed E-state index contributed by atoms with van der Waals surface area (Å²) in [6.07, 6.45) is 1.67. The van der Waals surface area contributed by atoms with Crippen molar-refractivity contribution in [3.63, 3.8) is 0 Å². The first-order chi connectivity index (χ1) is 3.41. The Morgan fingerprint density at radius 1 is 1.86 bits per heavy atom. The monoisotopic (exact) mass is 118 g/mol. The maximum absolute atomic E-state index is 3.89. The molecule has 0 aliphatic carbocycles. The Morgan fingerprint density at radius 3 is 3.00 bits per heavy atom. The van der Waals surface area contributed by atoms with Gasteiger partial charge in [-0.1, -0.05) is 6.92 Å². The summed E-state index contributed by atoms with van der Waals surface area (Å²) in [5.41, 5.74) is 0. The van der Waals surface area contributed by atoms with Crippen LogP contribution in [-0.4, -0.2) is 19.1 Å². The van der Waals surface area contributed by atoms with E-state index in [1.807, 2.05) is 7.05 Å². The Morgan fingerprint density at radius 2 is 2.57 bits per heavy atom. The first-order valence-electron chi connectivity index (χ1n) is 2.23. The molecule has 1 N–H and O–H groups in total. The minimum atomic E-state index is 1.04. The second-order valence-electron chi connectivity index (χ2n) is 0.941. The Balaban J connectivity index is 2.78. The van der Waals surface area contributed by atoms with Gasteiger partial charge < -0.3 is 5.32 Å². The Kier molecular flexibility index (Phi) is 5.67. The maximum atomic E-state index is 3.89. The molecular weight excluding hydrogens is 108 g/mol. The first-order valence-corrected chi connectivity index (χ1v) is 3.17. The van der Waals surface area contributed by atoms with Crippen molar-refractivity contribution in [3.8, 4) is 0 Å². The van der Waals surface area contributed by atoms with Gasteiger partial charge in [-0.3, -0.25) is 0 Å². The second-order valence-corrected chi connectivity index (χ2v) is 1.99. The summed E-state index contributed by atoms with van der Waals surface area (Å²) in [7, 11) is 1.83. The Hall–Kier alpha value is -0.180. The van der Waals surface area contributed by atoms with Gasteiger partial charge in [-0.15, -0.1) is 0 Å². The molecule has 42 valence electrons. The number of rotatable bonds is 3. The summed E-state index contributed by atoms with van der Waals surface area (Å²) < 4.78 is 3.89. The fraction of sp³-hybridized carbons (Fsp3) is 0.750. The average molecular weight is 118 g/mol. The van der Waals surface area contributed by atoms with Crippen molar-refractivity contribution in [1.82, 2.24) is 5.32 Å². The van der Waals surface area contributed by atoms with Crippen LogP contribution in [0.5, 0.6) is 0 Å². The molecule has 0 saturated heterocycles. The van der Waals surface area contributed by atoms with Crippen LogP contribution >= 0.6 is 11.9 Å². The molecule has 0 aromatic heterocycles. The summed E-state index contributed by atoms with van der Waals surface area (Å²) in [6.45, 7) is 2.07. The molecule has 0 fully saturated rings. The van der Waals surface area contributed by atoms with Crippen molar-refractivity contribution < 1.29 is 0 Å². The van der Waals surface area contributed by atoms with Crippen LogP contribution in [0, 0.1) is 0 Å². The number of nitrogens with zero attached hydrogens (tertiary/aromatic N) is 1. The minimum Gasteiger partial charge on any atom is -0.379 e. The third-order valence-electron chi connectivity index (χ3n) is 0.385. The molecular formula is C4H10N2S. The molecule has 0 bridgehead atoms. The lowest BCUT2D eigenvalue weighted by atomic mass is 11.0. The van der Waals surface area contributed by atoms with Crippen LogP contribution in [0.3, 0.4) is 0 Å². The van der Waals surface area contributed by atoms with Crippen LogP contribution in [0.25, 0.3) is 0 Å². The predicted octanol–water partition coefficient (Wildman–Crippen LogP) is 0.902. The molecule has 0 atom stereocenters. The van der Waals surface area contributed by atoms with Gasteiger partial charge in [-0.2, -0.15) is 0 Å². The SMILES string of the molecule is CCS/N=C\NC. The predicted molar refractivity (Wildman–Crippen MR) is 35.7 cm³/mol. The van der Waals surface area contributed by atoms with Crippen molar-refractivity contribution in [2.75, 3.05) is 12.8 Å². The molecule has 0 spiro atoms. The summed E-state index contributed by atoms with van der Waals surface area (Å²) in [4.78, 5) is 0.